The third-order valence-corrected chi connectivity index (χ3v) is 3.53. The lowest BCUT2D eigenvalue weighted by atomic mass is 9.89. The summed E-state index contributed by atoms with van der Waals surface area (Å²) in [5, 5.41) is 4.16. The number of nitrogens with two attached hydrogens (primary N) is 1. The number of aromatic nitrogens is 2. The summed E-state index contributed by atoms with van der Waals surface area (Å²) >= 11 is 0. The number of nitrogens with zero attached hydrogens (tertiary/aromatic N) is 2. The minimum atomic E-state index is 0.304. The number of rotatable bonds is 4. The van der Waals surface area contributed by atoms with Crippen molar-refractivity contribution in [1.82, 2.24) is 9.78 Å². The minimum Gasteiger partial charge on any atom is -0.381 e. The van der Waals surface area contributed by atoms with Gasteiger partial charge in [0.25, 0.3) is 0 Å². The fraction of sp³-hybridized carbons (Fsp3) is 0.750. The van der Waals surface area contributed by atoms with Gasteiger partial charge in [0, 0.05) is 38.2 Å². The van der Waals surface area contributed by atoms with Crippen LogP contribution < -0.4 is 5.73 Å². The fourth-order valence-corrected chi connectivity index (χ4v) is 2.34. The highest BCUT2D eigenvalue weighted by Gasteiger charge is 2.20. The summed E-state index contributed by atoms with van der Waals surface area (Å²) in [6, 6.07) is 2.37. The molecule has 1 fully saturated rings. The summed E-state index contributed by atoms with van der Waals surface area (Å²) in [7, 11) is 1.98. The van der Waals surface area contributed by atoms with Crippen molar-refractivity contribution in [2.75, 3.05) is 13.2 Å². The first-order chi connectivity index (χ1) is 7.77. The molecule has 1 unspecified atom stereocenters. The molecule has 0 radical (unpaired) electrons. The molecule has 16 heavy (non-hydrogen) atoms. The van der Waals surface area contributed by atoms with Gasteiger partial charge in [0.2, 0.25) is 0 Å². The lowest BCUT2D eigenvalue weighted by molar-refractivity contribution is 0.0575. The number of hydrogen-bond acceptors (Lipinski definition) is 3. The highest BCUT2D eigenvalue weighted by molar-refractivity contribution is 5.00. The molecule has 4 nitrogen and oxygen atoms in total. The molecular weight excluding hydrogens is 202 g/mol. The van der Waals surface area contributed by atoms with Crippen molar-refractivity contribution >= 4 is 0 Å². The Morgan fingerprint density at radius 3 is 2.94 bits per heavy atom. The highest BCUT2D eigenvalue weighted by atomic mass is 16.5. The fourth-order valence-electron chi connectivity index (χ4n) is 2.34. The van der Waals surface area contributed by atoms with E-state index in [1.807, 2.05) is 17.9 Å². The lowest BCUT2D eigenvalue weighted by Gasteiger charge is -2.27. The van der Waals surface area contributed by atoms with E-state index >= 15 is 0 Å². The SMILES string of the molecule is Cn1nccc1CCC(N)C1CCOCC1. The Morgan fingerprint density at radius 2 is 2.31 bits per heavy atom. The molecule has 1 aliphatic heterocycles. The van der Waals surface area contributed by atoms with Crippen LogP contribution in [0.5, 0.6) is 0 Å². The smallest absolute Gasteiger partial charge is 0.0492 e. The zero-order valence-corrected chi connectivity index (χ0v) is 9.93. The van der Waals surface area contributed by atoms with E-state index in [-0.39, 0.29) is 0 Å². The molecule has 1 saturated heterocycles. The molecule has 1 aliphatic rings. The van der Waals surface area contributed by atoms with Gasteiger partial charge >= 0.3 is 0 Å². The maximum Gasteiger partial charge on any atom is 0.0492 e. The van der Waals surface area contributed by atoms with Gasteiger partial charge in [-0.15, -0.1) is 0 Å². The van der Waals surface area contributed by atoms with E-state index in [0.29, 0.717) is 12.0 Å². The number of hydrogen-bond donors (Lipinski definition) is 1. The molecule has 1 atom stereocenters. The second kappa shape index (κ2) is 5.46. The van der Waals surface area contributed by atoms with E-state index in [4.69, 9.17) is 10.5 Å². The van der Waals surface area contributed by atoms with Gasteiger partial charge in [0.05, 0.1) is 0 Å². The van der Waals surface area contributed by atoms with Crippen LogP contribution in [-0.2, 0) is 18.2 Å². The molecule has 2 rings (SSSR count). The summed E-state index contributed by atoms with van der Waals surface area (Å²) in [4.78, 5) is 0. The normalized spacial score (nSPS) is 19.9. The van der Waals surface area contributed by atoms with Gasteiger partial charge in [-0.05, 0) is 37.7 Å². The van der Waals surface area contributed by atoms with Crippen LogP contribution >= 0.6 is 0 Å². The maximum atomic E-state index is 6.23. The molecule has 0 amide bonds. The van der Waals surface area contributed by atoms with E-state index in [1.54, 1.807) is 0 Å². The monoisotopic (exact) mass is 223 g/mol. The first kappa shape index (κ1) is 11.6. The number of ether oxygens (including phenoxy) is 1. The van der Waals surface area contributed by atoms with Crippen LogP contribution in [0.15, 0.2) is 12.3 Å². The van der Waals surface area contributed by atoms with E-state index in [2.05, 4.69) is 11.2 Å². The van der Waals surface area contributed by atoms with Crippen LogP contribution in [0, 0.1) is 5.92 Å². The van der Waals surface area contributed by atoms with Gasteiger partial charge in [-0.2, -0.15) is 5.10 Å². The van der Waals surface area contributed by atoms with Crippen LogP contribution in [0.2, 0.25) is 0 Å². The molecule has 0 spiro atoms. The highest BCUT2D eigenvalue weighted by Crippen LogP contribution is 2.20. The Kier molecular flexibility index (Phi) is 3.96. The first-order valence-electron chi connectivity index (χ1n) is 6.07. The molecule has 1 aromatic heterocycles. The van der Waals surface area contributed by atoms with Crippen LogP contribution in [0.1, 0.15) is 25.0 Å². The average molecular weight is 223 g/mol. The van der Waals surface area contributed by atoms with E-state index in [0.717, 1.165) is 38.9 Å². The molecule has 4 heteroatoms. The molecule has 1 aromatic rings. The predicted octanol–water partition coefficient (Wildman–Crippen LogP) is 1.11. The second-order valence-corrected chi connectivity index (χ2v) is 4.60. The third-order valence-electron chi connectivity index (χ3n) is 3.53. The molecule has 0 aromatic carbocycles. The van der Waals surface area contributed by atoms with Crippen LogP contribution in [0.3, 0.4) is 0 Å². The Bertz CT molecular complexity index is 318. The Morgan fingerprint density at radius 1 is 1.56 bits per heavy atom. The minimum absolute atomic E-state index is 0.304. The van der Waals surface area contributed by atoms with Crippen molar-refractivity contribution < 1.29 is 4.74 Å². The van der Waals surface area contributed by atoms with Crippen molar-refractivity contribution in [1.29, 1.82) is 0 Å². The van der Waals surface area contributed by atoms with Crippen molar-refractivity contribution in [3.8, 4) is 0 Å². The van der Waals surface area contributed by atoms with Gasteiger partial charge in [-0.1, -0.05) is 0 Å². The van der Waals surface area contributed by atoms with Gasteiger partial charge in [-0.25, -0.2) is 0 Å². The first-order valence-corrected chi connectivity index (χ1v) is 6.07. The van der Waals surface area contributed by atoms with Crippen molar-refractivity contribution in [2.45, 2.75) is 31.7 Å². The largest absolute Gasteiger partial charge is 0.381 e. The predicted molar refractivity (Wildman–Crippen MR) is 63.0 cm³/mol. The quantitative estimate of drug-likeness (QED) is 0.832. The van der Waals surface area contributed by atoms with E-state index in [1.165, 1.54) is 5.69 Å². The summed E-state index contributed by atoms with van der Waals surface area (Å²) in [5.74, 6) is 0.641. The van der Waals surface area contributed by atoms with Crippen molar-refractivity contribution in [2.24, 2.45) is 18.7 Å². The van der Waals surface area contributed by atoms with Gasteiger partial charge < -0.3 is 10.5 Å². The van der Waals surface area contributed by atoms with Crippen LogP contribution in [-0.4, -0.2) is 29.0 Å². The Hall–Kier alpha value is -0.870. The van der Waals surface area contributed by atoms with Crippen molar-refractivity contribution in [3.05, 3.63) is 18.0 Å². The van der Waals surface area contributed by atoms with Crippen LogP contribution in [0.25, 0.3) is 0 Å². The van der Waals surface area contributed by atoms with E-state index in [9.17, 15) is 0 Å². The Labute approximate surface area is 96.8 Å². The molecular formula is C12H21N3O. The molecule has 0 aliphatic carbocycles. The molecule has 2 heterocycles. The Balaban J connectivity index is 1.78. The van der Waals surface area contributed by atoms with Gasteiger partial charge in [0.1, 0.15) is 0 Å². The topological polar surface area (TPSA) is 53.1 Å². The zero-order valence-electron chi connectivity index (χ0n) is 9.93. The average Bonchev–Trinajstić information content (AvgIpc) is 2.73. The standard InChI is InChI=1S/C12H21N3O/c1-15-11(4-7-14-15)2-3-12(13)10-5-8-16-9-6-10/h4,7,10,12H,2-3,5-6,8-9,13H2,1H3. The van der Waals surface area contributed by atoms with Gasteiger partial charge in [0.15, 0.2) is 0 Å². The van der Waals surface area contributed by atoms with Gasteiger partial charge in [-0.3, -0.25) is 4.68 Å². The summed E-state index contributed by atoms with van der Waals surface area (Å²) < 4.78 is 7.28. The van der Waals surface area contributed by atoms with E-state index < -0.39 is 0 Å². The molecule has 0 bridgehead atoms. The molecule has 90 valence electrons. The lowest BCUT2D eigenvalue weighted by Crippen LogP contribution is -2.34. The van der Waals surface area contributed by atoms with Crippen LogP contribution in [0.4, 0.5) is 0 Å². The zero-order chi connectivity index (χ0) is 11.4. The third kappa shape index (κ3) is 2.83. The second-order valence-electron chi connectivity index (χ2n) is 4.60. The number of aryl methyl sites for hydroxylation is 2. The summed E-state index contributed by atoms with van der Waals surface area (Å²) in [5.41, 5.74) is 7.50. The molecule has 0 saturated carbocycles. The maximum absolute atomic E-state index is 6.23. The van der Waals surface area contributed by atoms with Crippen molar-refractivity contribution in [3.63, 3.8) is 0 Å². The summed E-state index contributed by atoms with van der Waals surface area (Å²) in [6.45, 7) is 1.76. The molecule has 2 N–H and O–H groups in total. The summed E-state index contributed by atoms with van der Waals surface area (Å²) in [6.07, 6.45) is 6.15.